The van der Waals surface area contributed by atoms with Crippen LogP contribution in [0.15, 0.2) is 18.3 Å². The van der Waals surface area contributed by atoms with Crippen LogP contribution in [0.3, 0.4) is 0 Å². The van der Waals surface area contributed by atoms with Crippen LogP contribution in [0.25, 0.3) is 10.9 Å². The van der Waals surface area contributed by atoms with Crippen LogP contribution in [0.4, 0.5) is 0 Å². The number of nitrogens with one attached hydrogen (secondary N) is 2. The van der Waals surface area contributed by atoms with Crippen LogP contribution < -0.4 is 5.32 Å². The number of benzene rings is 1. The van der Waals surface area contributed by atoms with Crippen LogP contribution in [0, 0.1) is 0 Å². The number of halogens is 2. The van der Waals surface area contributed by atoms with Gasteiger partial charge in [0.1, 0.15) is 0 Å². The minimum atomic E-state index is -0.576. The van der Waals surface area contributed by atoms with Crippen LogP contribution in [0.2, 0.25) is 10.0 Å². The molecular formula is C11H12Cl2N2O. The number of aromatic nitrogens is 1. The SMILES string of the molecule is CNCC(O)c1c[nH]c2c(Cl)cc(Cl)cc12. The molecule has 16 heavy (non-hydrogen) atoms. The van der Waals surface area contributed by atoms with E-state index in [9.17, 15) is 5.11 Å². The largest absolute Gasteiger partial charge is 0.387 e. The van der Waals surface area contributed by atoms with Gasteiger partial charge in [0.05, 0.1) is 16.6 Å². The fourth-order valence-corrected chi connectivity index (χ4v) is 2.30. The van der Waals surface area contributed by atoms with E-state index in [-0.39, 0.29) is 0 Å². The number of H-pyrrole nitrogens is 1. The first-order valence-corrected chi connectivity index (χ1v) is 5.67. The van der Waals surface area contributed by atoms with Crippen LogP contribution in [0.5, 0.6) is 0 Å². The van der Waals surface area contributed by atoms with E-state index in [0.29, 0.717) is 16.6 Å². The van der Waals surface area contributed by atoms with Crippen LogP contribution in [-0.4, -0.2) is 23.7 Å². The third-order valence-electron chi connectivity index (χ3n) is 2.49. The molecule has 3 nitrogen and oxygen atoms in total. The topological polar surface area (TPSA) is 48.0 Å². The zero-order chi connectivity index (χ0) is 11.7. The molecule has 0 amide bonds. The van der Waals surface area contributed by atoms with E-state index in [1.807, 2.05) is 0 Å². The van der Waals surface area contributed by atoms with Crippen molar-refractivity contribution in [3.05, 3.63) is 33.9 Å². The van der Waals surface area contributed by atoms with Gasteiger partial charge in [0.25, 0.3) is 0 Å². The summed E-state index contributed by atoms with van der Waals surface area (Å²) < 4.78 is 0. The van der Waals surface area contributed by atoms with Crippen molar-refractivity contribution >= 4 is 34.1 Å². The van der Waals surface area contributed by atoms with Crippen molar-refractivity contribution in [1.82, 2.24) is 10.3 Å². The number of likely N-dealkylation sites (N-methyl/N-ethyl adjacent to an activating group) is 1. The molecule has 1 aromatic heterocycles. The van der Waals surface area contributed by atoms with Gasteiger partial charge in [-0.3, -0.25) is 0 Å². The van der Waals surface area contributed by atoms with Crippen molar-refractivity contribution < 1.29 is 5.11 Å². The standard InChI is InChI=1S/C11H12Cl2N2O/c1-14-5-10(16)8-4-15-11-7(8)2-6(12)3-9(11)13/h2-4,10,14-16H,5H2,1H3. The number of aromatic amines is 1. The Labute approximate surface area is 103 Å². The van der Waals surface area contributed by atoms with Gasteiger partial charge in [-0.2, -0.15) is 0 Å². The highest BCUT2D eigenvalue weighted by molar-refractivity contribution is 6.38. The summed E-state index contributed by atoms with van der Waals surface area (Å²) in [7, 11) is 1.79. The summed E-state index contributed by atoms with van der Waals surface area (Å²) in [5.41, 5.74) is 1.60. The van der Waals surface area contributed by atoms with Crippen LogP contribution in [0.1, 0.15) is 11.7 Å². The molecule has 5 heteroatoms. The number of aliphatic hydroxyl groups is 1. The van der Waals surface area contributed by atoms with Crippen molar-refractivity contribution in [3.63, 3.8) is 0 Å². The van der Waals surface area contributed by atoms with Gasteiger partial charge in [-0.15, -0.1) is 0 Å². The number of hydrogen-bond donors (Lipinski definition) is 3. The predicted molar refractivity (Wildman–Crippen MR) is 67.2 cm³/mol. The van der Waals surface area contributed by atoms with Crippen molar-refractivity contribution in [1.29, 1.82) is 0 Å². The summed E-state index contributed by atoms with van der Waals surface area (Å²) in [6, 6.07) is 3.48. The summed E-state index contributed by atoms with van der Waals surface area (Å²) in [5.74, 6) is 0. The zero-order valence-corrected chi connectivity index (χ0v) is 10.2. The van der Waals surface area contributed by atoms with E-state index in [0.717, 1.165) is 16.5 Å². The number of fused-ring (bicyclic) bond motifs is 1. The first kappa shape index (κ1) is 11.7. The Morgan fingerprint density at radius 1 is 1.44 bits per heavy atom. The number of rotatable bonds is 3. The lowest BCUT2D eigenvalue weighted by molar-refractivity contribution is 0.179. The van der Waals surface area contributed by atoms with E-state index in [2.05, 4.69) is 10.3 Å². The first-order chi connectivity index (χ1) is 7.63. The maximum atomic E-state index is 9.92. The van der Waals surface area contributed by atoms with E-state index in [1.165, 1.54) is 0 Å². The monoisotopic (exact) mass is 258 g/mol. The van der Waals surface area contributed by atoms with E-state index in [4.69, 9.17) is 23.2 Å². The molecule has 3 N–H and O–H groups in total. The predicted octanol–water partition coefficient (Wildman–Crippen LogP) is 2.73. The lowest BCUT2D eigenvalue weighted by atomic mass is 10.1. The highest BCUT2D eigenvalue weighted by atomic mass is 35.5. The molecule has 0 aliphatic rings. The lowest BCUT2D eigenvalue weighted by Gasteiger charge is -2.08. The van der Waals surface area contributed by atoms with Gasteiger partial charge in [0, 0.05) is 28.7 Å². The van der Waals surface area contributed by atoms with Crippen LogP contribution >= 0.6 is 23.2 Å². The molecule has 2 rings (SSSR count). The molecule has 0 saturated heterocycles. The van der Waals surface area contributed by atoms with Crippen molar-refractivity contribution in [3.8, 4) is 0 Å². The highest BCUT2D eigenvalue weighted by Gasteiger charge is 2.14. The van der Waals surface area contributed by atoms with Crippen molar-refractivity contribution in [2.45, 2.75) is 6.10 Å². The highest BCUT2D eigenvalue weighted by Crippen LogP contribution is 2.31. The van der Waals surface area contributed by atoms with E-state index >= 15 is 0 Å². The Bertz CT molecular complexity index is 510. The summed E-state index contributed by atoms with van der Waals surface area (Å²) in [5, 5.41) is 14.8. The molecule has 0 spiro atoms. The van der Waals surface area contributed by atoms with E-state index in [1.54, 1.807) is 25.4 Å². The molecule has 0 aliphatic heterocycles. The maximum Gasteiger partial charge on any atom is 0.0934 e. The summed E-state index contributed by atoms with van der Waals surface area (Å²) in [6.45, 7) is 0.483. The molecule has 1 atom stereocenters. The van der Waals surface area contributed by atoms with Gasteiger partial charge in [-0.05, 0) is 19.2 Å². The Hall–Kier alpha value is -0.740. The average Bonchev–Trinajstić information content (AvgIpc) is 2.61. The quantitative estimate of drug-likeness (QED) is 0.793. The van der Waals surface area contributed by atoms with Crippen molar-refractivity contribution in [2.75, 3.05) is 13.6 Å². The molecule has 1 aromatic carbocycles. The molecule has 0 bridgehead atoms. The Kier molecular flexibility index (Phi) is 3.40. The second-order valence-corrected chi connectivity index (χ2v) is 4.47. The fourth-order valence-electron chi connectivity index (χ4n) is 1.75. The average molecular weight is 259 g/mol. The minimum absolute atomic E-state index is 0.483. The summed E-state index contributed by atoms with van der Waals surface area (Å²) in [4.78, 5) is 3.04. The molecule has 0 aliphatic carbocycles. The molecule has 2 aromatic rings. The fraction of sp³-hybridized carbons (Fsp3) is 0.273. The lowest BCUT2D eigenvalue weighted by Crippen LogP contribution is -2.16. The minimum Gasteiger partial charge on any atom is -0.387 e. The molecule has 86 valence electrons. The van der Waals surface area contributed by atoms with E-state index < -0.39 is 6.10 Å². The van der Waals surface area contributed by atoms with Gasteiger partial charge in [-0.1, -0.05) is 23.2 Å². The second kappa shape index (κ2) is 4.63. The molecule has 0 radical (unpaired) electrons. The van der Waals surface area contributed by atoms with Gasteiger partial charge in [0.15, 0.2) is 0 Å². The number of aliphatic hydroxyl groups excluding tert-OH is 1. The normalized spacial score (nSPS) is 13.2. The zero-order valence-electron chi connectivity index (χ0n) is 8.72. The van der Waals surface area contributed by atoms with Gasteiger partial charge >= 0.3 is 0 Å². The first-order valence-electron chi connectivity index (χ1n) is 4.92. The van der Waals surface area contributed by atoms with Crippen molar-refractivity contribution in [2.24, 2.45) is 0 Å². The van der Waals surface area contributed by atoms with Crippen LogP contribution in [-0.2, 0) is 0 Å². The van der Waals surface area contributed by atoms with Gasteiger partial charge in [-0.25, -0.2) is 0 Å². The molecule has 0 fully saturated rings. The second-order valence-electron chi connectivity index (χ2n) is 3.63. The smallest absolute Gasteiger partial charge is 0.0934 e. The summed E-state index contributed by atoms with van der Waals surface area (Å²) >= 11 is 12.0. The Morgan fingerprint density at radius 3 is 2.88 bits per heavy atom. The summed E-state index contributed by atoms with van der Waals surface area (Å²) in [6.07, 6.45) is 1.18. The maximum absolute atomic E-state index is 9.92. The molecule has 1 heterocycles. The van der Waals surface area contributed by atoms with Gasteiger partial charge < -0.3 is 15.4 Å². The number of hydrogen-bond acceptors (Lipinski definition) is 2. The third-order valence-corrected chi connectivity index (χ3v) is 3.01. The molecule has 0 saturated carbocycles. The van der Waals surface area contributed by atoms with Gasteiger partial charge in [0.2, 0.25) is 0 Å². The Morgan fingerprint density at radius 2 is 2.19 bits per heavy atom. The molecular weight excluding hydrogens is 247 g/mol. The molecule has 1 unspecified atom stereocenters. The third kappa shape index (κ3) is 2.04. The Balaban J connectivity index is 2.55.